The van der Waals surface area contributed by atoms with Crippen LogP contribution < -0.4 is 16.2 Å². The van der Waals surface area contributed by atoms with Crippen LogP contribution in [0.3, 0.4) is 0 Å². The van der Waals surface area contributed by atoms with Gasteiger partial charge in [0.2, 0.25) is 0 Å². The number of carbonyl (C=O) groups excluding carboxylic acids is 2. The molecule has 1 aromatic heterocycles. The van der Waals surface area contributed by atoms with Crippen molar-refractivity contribution < 1.29 is 14.3 Å². The van der Waals surface area contributed by atoms with E-state index < -0.39 is 6.09 Å². The Bertz CT molecular complexity index is 1320. The first-order chi connectivity index (χ1) is 18.9. The van der Waals surface area contributed by atoms with Gasteiger partial charge in [0.1, 0.15) is 0 Å². The van der Waals surface area contributed by atoms with Crippen LogP contribution in [0.15, 0.2) is 65.5 Å². The van der Waals surface area contributed by atoms with Gasteiger partial charge >= 0.3 is 6.09 Å². The fraction of sp³-hybridized carbons (Fsp3) is 0.400. The van der Waals surface area contributed by atoms with Crippen LogP contribution in [0.25, 0.3) is 11.3 Å². The number of nitrogens with zero attached hydrogens (tertiary/aromatic N) is 3. The molecule has 9 nitrogen and oxygen atoms in total. The van der Waals surface area contributed by atoms with Crippen LogP contribution >= 0.6 is 0 Å². The summed E-state index contributed by atoms with van der Waals surface area (Å²) in [5.41, 5.74) is 3.15. The standard InChI is InChI=1S/C30H37N5O4/c1-3-39-30(38)32-26-10-6-9-23(20-26)21-35-28(36)16-15-27(33-35)24-11-13-25(14-12-24)29(37)31-17-7-19-34-18-5-4-8-22(34)2/h6,9-16,20,22H,3-5,7-8,17-19,21H2,1-2H3,(H,31,37)(H,32,38). The molecule has 0 aliphatic carbocycles. The summed E-state index contributed by atoms with van der Waals surface area (Å²) in [5, 5.41) is 10.2. The number of piperidine rings is 1. The van der Waals surface area contributed by atoms with Crippen molar-refractivity contribution in [3.8, 4) is 11.3 Å². The summed E-state index contributed by atoms with van der Waals surface area (Å²) in [6.45, 7) is 7.34. The van der Waals surface area contributed by atoms with Crippen LogP contribution in [0.4, 0.5) is 10.5 Å². The molecule has 1 saturated heterocycles. The Labute approximate surface area is 229 Å². The average Bonchev–Trinajstić information content (AvgIpc) is 2.93. The first-order valence-electron chi connectivity index (χ1n) is 13.7. The van der Waals surface area contributed by atoms with Crippen molar-refractivity contribution in [2.75, 3.05) is 31.6 Å². The van der Waals surface area contributed by atoms with Gasteiger partial charge in [-0.25, -0.2) is 9.48 Å². The van der Waals surface area contributed by atoms with Crippen molar-refractivity contribution in [2.45, 2.75) is 52.1 Å². The van der Waals surface area contributed by atoms with Crippen molar-refractivity contribution in [2.24, 2.45) is 0 Å². The van der Waals surface area contributed by atoms with Gasteiger partial charge in [0.05, 0.1) is 18.8 Å². The van der Waals surface area contributed by atoms with Gasteiger partial charge in [-0.3, -0.25) is 14.9 Å². The van der Waals surface area contributed by atoms with Gasteiger partial charge in [-0.05, 0) is 75.5 Å². The Balaban J connectivity index is 1.35. The van der Waals surface area contributed by atoms with E-state index in [1.807, 2.05) is 18.2 Å². The van der Waals surface area contributed by atoms with Crippen LogP contribution in [-0.4, -0.2) is 59.0 Å². The second-order valence-electron chi connectivity index (χ2n) is 9.83. The first kappa shape index (κ1) is 28.0. The lowest BCUT2D eigenvalue weighted by molar-refractivity contribution is 0.0949. The molecule has 1 aliphatic rings. The molecule has 1 atom stereocenters. The highest BCUT2D eigenvalue weighted by Gasteiger charge is 2.17. The number of hydrogen-bond donors (Lipinski definition) is 2. The smallest absolute Gasteiger partial charge is 0.411 e. The quantitative estimate of drug-likeness (QED) is 0.373. The SMILES string of the molecule is CCOC(=O)Nc1cccc(Cn2nc(-c3ccc(C(=O)NCCCN4CCCCC4C)cc3)ccc2=O)c1. The largest absolute Gasteiger partial charge is 0.450 e. The third-order valence-corrected chi connectivity index (χ3v) is 6.94. The number of benzene rings is 2. The molecule has 9 heteroatoms. The maximum Gasteiger partial charge on any atom is 0.411 e. The Hall–Kier alpha value is -3.98. The maximum absolute atomic E-state index is 12.6. The van der Waals surface area contributed by atoms with Gasteiger partial charge in [-0.1, -0.05) is 30.7 Å². The molecule has 206 valence electrons. The van der Waals surface area contributed by atoms with E-state index in [1.54, 1.807) is 43.3 Å². The molecule has 1 fully saturated rings. The molecule has 4 rings (SSSR count). The van der Waals surface area contributed by atoms with Gasteiger partial charge in [-0.15, -0.1) is 0 Å². The zero-order valence-electron chi connectivity index (χ0n) is 22.7. The highest BCUT2D eigenvalue weighted by atomic mass is 16.5. The summed E-state index contributed by atoms with van der Waals surface area (Å²) >= 11 is 0. The Morgan fingerprint density at radius 3 is 2.67 bits per heavy atom. The molecule has 0 bridgehead atoms. The predicted molar refractivity (Wildman–Crippen MR) is 152 cm³/mol. The van der Waals surface area contributed by atoms with Crippen LogP contribution in [0, 0.1) is 0 Å². The van der Waals surface area contributed by atoms with E-state index in [4.69, 9.17) is 4.74 Å². The highest BCUT2D eigenvalue weighted by Crippen LogP contribution is 2.18. The van der Waals surface area contributed by atoms with Gasteiger partial charge < -0.3 is 15.0 Å². The number of ether oxygens (including phenoxy) is 1. The number of anilines is 1. The van der Waals surface area contributed by atoms with Crippen molar-refractivity contribution in [1.82, 2.24) is 20.0 Å². The minimum absolute atomic E-state index is 0.0949. The van der Waals surface area contributed by atoms with Crippen molar-refractivity contribution in [1.29, 1.82) is 0 Å². The molecule has 3 aromatic rings. The van der Waals surface area contributed by atoms with Crippen LogP contribution in [0.2, 0.25) is 0 Å². The minimum atomic E-state index is -0.531. The molecule has 0 radical (unpaired) electrons. The first-order valence-corrected chi connectivity index (χ1v) is 13.7. The van der Waals surface area contributed by atoms with Gasteiger partial charge in [0, 0.05) is 42.0 Å². The number of amides is 2. The summed E-state index contributed by atoms with van der Waals surface area (Å²) in [7, 11) is 0. The Morgan fingerprint density at radius 1 is 1.08 bits per heavy atom. The monoisotopic (exact) mass is 531 g/mol. The molecule has 2 heterocycles. The molecule has 0 spiro atoms. The van der Waals surface area contributed by atoms with E-state index in [0.717, 1.165) is 30.6 Å². The normalized spacial score (nSPS) is 15.5. The minimum Gasteiger partial charge on any atom is -0.450 e. The number of carbonyl (C=O) groups is 2. The van der Waals surface area contributed by atoms with Gasteiger partial charge in [0.25, 0.3) is 11.5 Å². The average molecular weight is 532 g/mol. The summed E-state index contributed by atoms with van der Waals surface area (Å²) in [6.07, 6.45) is 4.23. The molecule has 2 amide bonds. The van der Waals surface area contributed by atoms with E-state index in [2.05, 4.69) is 27.6 Å². The van der Waals surface area contributed by atoms with Gasteiger partial charge in [0.15, 0.2) is 0 Å². The summed E-state index contributed by atoms with van der Waals surface area (Å²) in [4.78, 5) is 39.3. The number of rotatable bonds is 10. The van der Waals surface area contributed by atoms with E-state index in [9.17, 15) is 14.4 Å². The summed E-state index contributed by atoms with van der Waals surface area (Å²) in [5.74, 6) is -0.0949. The Morgan fingerprint density at radius 2 is 1.90 bits per heavy atom. The molecule has 1 aliphatic heterocycles. The second kappa shape index (κ2) is 13.7. The lowest BCUT2D eigenvalue weighted by Crippen LogP contribution is -2.39. The number of likely N-dealkylation sites (tertiary alicyclic amines) is 1. The van der Waals surface area contributed by atoms with Crippen molar-refractivity contribution in [3.05, 3.63) is 82.1 Å². The maximum atomic E-state index is 12.6. The Kier molecular flexibility index (Phi) is 9.85. The van der Waals surface area contributed by atoms with Crippen LogP contribution in [-0.2, 0) is 11.3 Å². The summed E-state index contributed by atoms with van der Waals surface area (Å²) in [6, 6.07) is 18.2. The topological polar surface area (TPSA) is 106 Å². The number of aromatic nitrogens is 2. The molecule has 2 aromatic carbocycles. The third-order valence-electron chi connectivity index (χ3n) is 6.94. The molecule has 0 saturated carbocycles. The van der Waals surface area contributed by atoms with E-state index in [0.29, 0.717) is 29.5 Å². The van der Waals surface area contributed by atoms with Crippen molar-refractivity contribution >= 4 is 17.7 Å². The molecule has 1 unspecified atom stereocenters. The second-order valence-corrected chi connectivity index (χ2v) is 9.83. The fourth-order valence-corrected chi connectivity index (χ4v) is 4.79. The molecular formula is C30H37N5O4. The zero-order valence-corrected chi connectivity index (χ0v) is 22.7. The van der Waals surface area contributed by atoms with Crippen molar-refractivity contribution in [3.63, 3.8) is 0 Å². The highest BCUT2D eigenvalue weighted by molar-refractivity contribution is 5.94. The zero-order chi connectivity index (χ0) is 27.6. The van der Waals surface area contributed by atoms with Gasteiger partial charge in [-0.2, -0.15) is 5.10 Å². The van der Waals surface area contributed by atoms with E-state index in [-0.39, 0.29) is 24.6 Å². The molecular weight excluding hydrogens is 494 g/mol. The van der Waals surface area contributed by atoms with Crippen LogP contribution in [0.5, 0.6) is 0 Å². The third kappa shape index (κ3) is 8.00. The lowest BCUT2D eigenvalue weighted by atomic mass is 10.0. The predicted octanol–water partition coefficient (Wildman–Crippen LogP) is 4.52. The lowest BCUT2D eigenvalue weighted by Gasteiger charge is -2.33. The van der Waals surface area contributed by atoms with E-state index in [1.165, 1.54) is 30.0 Å². The van der Waals surface area contributed by atoms with E-state index >= 15 is 0 Å². The summed E-state index contributed by atoms with van der Waals surface area (Å²) < 4.78 is 6.29. The fourth-order valence-electron chi connectivity index (χ4n) is 4.79. The number of hydrogen-bond acceptors (Lipinski definition) is 6. The van der Waals surface area contributed by atoms with Crippen LogP contribution in [0.1, 0.15) is 55.5 Å². The number of nitrogens with one attached hydrogen (secondary N) is 2. The molecule has 39 heavy (non-hydrogen) atoms. The molecule has 2 N–H and O–H groups in total.